The zero-order chi connectivity index (χ0) is 13.8. The van der Waals surface area contributed by atoms with Crippen LogP contribution in [-0.4, -0.2) is 32.9 Å². The summed E-state index contributed by atoms with van der Waals surface area (Å²) in [6.07, 6.45) is 0. The van der Waals surface area contributed by atoms with E-state index in [0.717, 1.165) is 6.07 Å². The molecule has 0 amide bonds. The molecule has 1 unspecified atom stereocenters. The Morgan fingerprint density at radius 2 is 2.11 bits per heavy atom. The minimum absolute atomic E-state index is 0.0205. The number of sulfonamides is 1. The summed E-state index contributed by atoms with van der Waals surface area (Å²) in [5.41, 5.74) is 0.400. The standard InChI is InChI=1S/C11H17FN2O3S/c1-8(14-5-6-18(16,17)13-2)10-7-9(12)3-4-11(10)15/h3-4,7-8,13-15H,5-6H2,1-2H3. The molecule has 0 heterocycles. The lowest BCUT2D eigenvalue weighted by molar-refractivity contribution is 0.451. The first kappa shape index (κ1) is 14.9. The van der Waals surface area contributed by atoms with Gasteiger partial charge in [-0.25, -0.2) is 17.5 Å². The summed E-state index contributed by atoms with van der Waals surface area (Å²) in [5.74, 6) is -0.545. The Hall–Kier alpha value is -1.18. The van der Waals surface area contributed by atoms with Gasteiger partial charge in [0.05, 0.1) is 5.75 Å². The summed E-state index contributed by atoms with van der Waals surface area (Å²) >= 11 is 0. The second kappa shape index (κ2) is 6.12. The van der Waals surface area contributed by atoms with Crippen molar-refractivity contribution >= 4 is 10.0 Å². The van der Waals surface area contributed by atoms with E-state index in [9.17, 15) is 17.9 Å². The van der Waals surface area contributed by atoms with Gasteiger partial charge < -0.3 is 10.4 Å². The second-order valence-electron chi connectivity index (χ2n) is 3.90. The number of halogens is 1. The lowest BCUT2D eigenvalue weighted by atomic mass is 10.1. The summed E-state index contributed by atoms with van der Waals surface area (Å²) in [6, 6.07) is 3.32. The van der Waals surface area contributed by atoms with Gasteiger partial charge >= 0.3 is 0 Å². The van der Waals surface area contributed by atoms with Gasteiger partial charge in [-0.05, 0) is 32.2 Å². The van der Waals surface area contributed by atoms with Crippen molar-refractivity contribution in [2.24, 2.45) is 0 Å². The molecule has 102 valence electrons. The fourth-order valence-electron chi connectivity index (χ4n) is 1.49. The molecule has 3 N–H and O–H groups in total. The first-order valence-electron chi connectivity index (χ1n) is 5.49. The number of rotatable bonds is 6. The van der Waals surface area contributed by atoms with Crippen LogP contribution < -0.4 is 10.0 Å². The molecule has 1 aromatic rings. The fraction of sp³-hybridized carbons (Fsp3) is 0.455. The van der Waals surface area contributed by atoms with Crippen molar-refractivity contribution in [1.29, 1.82) is 0 Å². The van der Waals surface area contributed by atoms with Crippen LogP contribution in [0.1, 0.15) is 18.5 Å². The van der Waals surface area contributed by atoms with E-state index in [2.05, 4.69) is 10.0 Å². The van der Waals surface area contributed by atoms with E-state index in [0.29, 0.717) is 5.56 Å². The van der Waals surface area contributed by atoms with Gasteiger partial charge in [0.1, 0.15) is 11.6 Å². The van der Waals surface area contributed by atoms with Crippen molar-refractivity contribution < 1.29 is 17.9 Å². The molecule has 0 spiro atoms. The summed E-state index contributed by atoms with van der Waals surface area (Å²) < 4.78 is 37.6. The summed E-state index contributed by atoms with van der Waals surface area (Å²) in [7, 11) is -1.92. The summed E-state index contributed by atoms with van der Waals surface area (Å²) in [5, 5.41) is 12.5. The zero-order valence-corrected chi connectivity index (χ0v) is 11.1. The maximum Gasteiger partial charge on any atom is 0.212 e. The lowest BCUT2D eigenvalue weighted by Crippen LogP contribution is -2.30. The van der Waals surface area contributed by atoms with E-state index < -0.39 is 15.8 Å². The third kappa shape index (κ3) is 4.25. The predicted molar refractivity (Wildman–Crippen MR) is 67.3 cm³/mol. The third-order valence-electron chi connectivity index (χ3n) is 2.59. The average molecular weight is 276 g/mol. The van der Waals surface area contributed by atoms with Crippen LogP contribution in [-0.2, 0) is 10.0 Å². The molecule has 0 bridgehead atoms. The molecule has 0 saturated carbocycles. The van der Waals surface area contributed by atoms with E-state index in [1.54, 1.807) is 6.92 Å². The molecular formula is C11H17FN2O3S. The third-order valence-corrected chi connectivity index (χ3v) is 3.95. The Labute approximate surface area is 106 Å². The van der Waals surface area contributed by atoms with Crippen LogP contribution in [0, 0.1) is 5.82 Å². The van der Waals surface area contributed by atoms with Crippen LogP contribution in [0.3, 0.4) is 0 Å². The largest absolute Gasteiger partial charge is 0.508 e. The SMILES string of the molecule is CNS(=O)(=O)CCNC(C)c1cc(F)ccc1O. The molecule has 0 aliphatic carbocycles. The van der Waals surface area contributed by atoms with Gasteiger partial charge in [-0.1, -0.05) is 0 Å². The van der Waals surface area contributed by atoms with Crippen LogP contribution in [0.4, 0.5) is 4.39 Å². The molecule has 1 atom stereocenters. The fourth-order valence-corrected chi connectivity index (χ4v) is 2.08. The molecule has 18 heavy (non-hydrogen) atoms. The average Bonchev–Trinajstić information content (AvgIpc) is 2.32. The van der Waals surface area contributed by atoms with E-state index in [-0.39, 0.29) is 24.1 Å². The van der Waals surface area contributed by atoms with Crippen LogP contribution in [0.25, 0.3) is 0 Å². The topological polar surface area (TPSA) is 78.4 Å². The van der Waals surface area contributed by atoms with Gasteiger partial charge in [0.15, 0.2) is 0 Å². The van der Waals surface area contributed by atoms with E-state index in [4.69, 9.17) is 0 Å². The molecule has 5 nitrogen and oxygen atoms in total. The molecule has 0 aliphatic rings. The van der Waals surface area contributed by atoms with E-state index in [1.165, 1.54) is 19.2 Å². The highest BCUT2D eigenvalue weighted by Gasteiger charge is 2.12. The zero-order valence-electron chi connectivity index (χ0n) is 10.3. The van der Waals surface area contributed by atoms with Crippen molar-refractivity contribution in [3.05, 3.63) is 29.6 Å². The number of phenols is 1. The highest BCUT2D eigenvalue weighted by Crippen LogP contribution is 2.24. The number of hydrogen-bond acceptors (Lipinski definition) is 4. The monoisotopic (exact) mass is 276 g/mol. The smallest absolute Gasteiger partial charge is 0.212 e. The number of nitrogens with one attached hydrogen (secondary N) is 2. The van der Waals surface area contributed by atoms with Crippen molar-refractivity contribution in [2.75, 3.05) is 19.3 Å². The Morgan fingerprint density at radius 1 is 1.44 bits per heavy atom. The minimum atomic E-state index is -3.26. The summed E-state index contributed by atoms with van der Waals surface area (Å²) in [4.78, 5) is 0. The lowest BCUT2D eigenvalue weighted by Gasteiger charge is -2.15. The van der Waals surface area contributed by atoms with Crippen molar-refractivity contribution in [1.82, 2.24) is 10.0 Å². The first-order chi connectivity index (χ1) is 8.35. The summed E-state index contributed by atoms with van der Waals surface area (Å²) in [6.45, 7) is 1.93. The minimum Gasteiger partial charge on any atom is -0.508 e. The van der Waals surface area contributed by atoms with Crippen LogP contribution in [0.15, 0.2) is 18.2 Å². The molecule has 0 aromatic heterocycles. The molecule has 1 aromatic carbocycles. The van der Waals surface area contributed by atoms with Crippen molar-refractivity contribution in [2.45, 2.75) is 13.0 Å². The number of aromatic hydroxyl groups is 1. The highest BCUT2D eigenvalue weighted by atomic mass is 32.2. The van der Waals surface area contributed by atoms with Crippen LogP contribution >= 0.6 is 0 Å². The second-order valence-corrected chi connectivity index (χ2v) is 5.95. The predicted octanol–water partition coefficient (Wildman–Crippen LogP) is 0.731. The molecule has 0 fully saturated rings. The molecule has 0 radical (unpaired) electrons. The molecule has 7 heteroatoms. The highest BCUT2D eigenvalue weighted by molar-refractivity contribution is 7.89. The van der Waals surface area contributed by atoms with Gasteiger partial charge in [-0.2, -0.15) is 0 Å². The molecule has 0 aliphatic heterocycles. The Balaban J connectivity index is 2.61. The number of benzene rings is 1. The van der Waals surface area contributed by atoms with Gasteiger partial charge in [0.25, 0.3) is 0 Å². The van der Waals surface area contributed by atoms with Gasteiger partial charge in [0.2, 0.25) is 10.0 Å². The number of hydrogen-bond donors (Lipinski definition) is 3. The van der Waals surface area contributed by atoms with Crippen molar-refractivity contribution in [3.63, 3.8) is 0 Å². The van der Waals surface area contributed by atoms with E-state index in [1.807, 2.05) is 0 Å². The molecular weight excluding hydrogens is 259 g/mol. The molecule has 1 rings (SSSR count). The van der Waals surface area contributed by atoms with Crippen molar-refractivity contribution in [3.8, 4) is 5.75 Å². The van der Waals surface area contributed by atoms with Gasteiger partial charge in [-0.15, -0.1) is 0 Å². The van der Waals surface area contributed by atoms with Crippen LogP contribution in [0.5, 0.6) is 5.75 Å². The van der Waals surface area contributed by atoms with Crippen LogP contribution in [0.2, 0.25) is 0 Å². The van der Waals surface area contributed by atoms with E-state index >= 15 is 0 Å². The van der Waals surface area contributed by atoms with Gasteiger partial charge in [0, 0.05) is 18.2 Å². The Bertz CT molecular complexity index is 505. The van der Waals surface area contributed by atoms with Gasteiger partial charge in [-0.3, -0.25) is 0 Å². The Kier molecular flexibility index (Phi) is 5.06. The molecule has 0 saturated heterocycles. The Morgan fingerprint density at radius 3 is 2.72 bits per heavy atom. The quantitative estimate of drug-likeness (QED) is 0.716. The maximum absolute atomic E-state index is 13.0. The first-order valence-corrected chi connectivity index (χ1v) is 7.14. The normalized spacial score (nSPS) is 13.5. The maximum atomic E-state index is 13.0. The number of phenolic OH excluding ortho intramolecular Hbond substituents is 1.